The van der Waals surface area contributed by atoms with Gasteiger partial charge in [0.2, 0.25) is 0 Å². The van der Waals surface area contributed by atoms with E-state index in [0.29, 0.717) is 29.3 Å². The third kappa shape index (κ3) is 6.97. The van der Waals surface area contributed by atoms with Gasteiger partial charge >= 0.3 is 0 Å². The van der Waals surface area contributed by atoms with Gasteiger partial charge in [0.15, 0.2) is 15.8 Å². The molecule has 23 heavy (non-hydrogen) atoms. The molecule has 2 aliphatic rings. The molecule has 8 heteroatoms. The fraction of sp³-hybridized carbons (Fsp3) is 0.933. The van der Waals surface area contributed by atoms with Crippen molar-refractivity contribution >= 4 is 51.5 Å². The molecule has 2 rings (SSSR count). The smallest absolute Gasteiger partial charge is 0.194 e. The highest BCUT2D eigenvalue weighted by molar-refractivity contribution is 14.0. The molecule has 0 aromatic carbocycles. The molecule has 1 N–H and O–H groups in total. The SMILES string of the molecule is CCC1CN(C(=NCC2CCS(=O)(=O)C2)NC(C)C)CCS1.I. The van der Waals surface area contributed by atoms with E-state index in [-0.39, 0.29) is 29.9 Å². The van der Waals surface area contributed by atoms with Gasteiger partial charge in [-0.1, -0.05) is 6.92 Å². The molecule has 0 aliphatic carbocycles. The summed E-state index contributed by atoms with van der Waals surface area (Å²) in [5.41, 5.74) is 0. The van der Waals surface area contributed by atoms with Crippen molar-refractivity contribution in [1.29, 1.82) is 0 Å². The summed E-state index contributed by atoms with van der Waals surface area (Å²) in [4.78, 5) is 7.10. The predicted octanol–water partition coefficient (Wildman–Crippen LogP) is 2.22. The maximum absolute atomic E-state index is 11.6. The standard InChI is InChI=1S/C15H29N3O2S2.HI/c1-4-14-10-18(6-7-21-14)15(17-12(2)3)16-9-13-5-8-22(19,20)11-13;/h12-14H,4-11H2,1-3H3,(H,16,17);1H. The molecule has 2 unspecified atom stereocenters. The van der Waals surface area contributed by atoms with Crippen molar-refractivity contribution in [2.45, 2.75) is 44.9 Å². The van der Waals surface area contributed by atoms with Crippen LogP contribution >= 0.6 is 35.7 Å². The van der Waals surface area contributed by atoms with E-state index in [4.69, 9.17) is 4.99 Å². The molecule has 0 radical (unpaired) electrons. The molecule has 0 aromatic heterocycles. The largest absolute Gasteiger partial charge is 0.354 e. The van der Waals surface area contributed by atoms with E-state index >= 15 is 0 Å². The Balaban J connectivity index is 0.00000264. The highest BCUT2D eigenvalue weighted by Gasteiger charge is 2.28. The van der Waals surface area contributed by atoms with Crippen LogP contribution in [0.5, 0.6) is 0 Å². The topological polar surface area (TPSA) is 61.8 Å². The number of aliphatic imine (C=N–C) groups is 1. The Hall–Kier alpha value is 0.300. The quantitative estimate of drug-likeness (QED) is 0.384. The van der Waals surface area contributed by atoms with Crippen LogP contribution in [0.3, 0.4) is 0 Å². The molecule has 0 saturated carbocycles. The number of thioether (sulfide) groups is 1. The summed E-state index contributed by atoms with van der Waals surface area (Å²) in [5.74, 6) is 2.92. The summed E-state index contributed by atoms with van der Waals surface area (Å²) < 4.78 is 23.1. The lowest BCUT2D eigenvalue weighted by atomic mass is 10.1. The third-order valence-electron chi connectivity index (χ3n) is 4.14. The number of nitrogens with one attached hydrogen (secondary N) is 1. The second-order valence-corrected chi connectivity index (χ2v) is 10.2. The van der Waals surface area contributed by atoms with Crippen molar-refractivity contribution in [3.8, 4) is 0 Å². The van der Waals surface area contributed by atoms with E-state index < -0.39 is 9.84 Å². The molecule has 0 amide bonds. The van der Waals surface area contributed by atoms with E-state index in [0.717, 1.165) is 31.2 Å². The van der Waals surface area contributed by atoms with Crippen LogP contribution in [0.2, 0.25) is 0 Å². The Labute approximate surface area is 162 Å². The van der Waals surface area contributed by atoms with Gasteiger partial charge in [-0.05, 0) is 32.6 Å². The minimum absolute atomic E-state index is 0. The zero-order valence-electron chi connectivity index (χ0n) is 14.3. The van der Waals surface area contributed by atoms with Crippen molar-refractivity contribution in [2.24, 2.45) is 10.9 Å². The van der Waals surface area contributed by atoms with E-state index in [9.17, 15) is 8.42 Å². The lowest BCUT2D eigenvalue weighted by Gasteiger charge is -2.35. The molecule has 2 heterocycles. The Morgan fingerprint density at radius 1 is 1.43 bits per heavy atom. The Morgan fingerprint density at radius 3 is 2.74 bits per heavy atom. The molecule has 0 aromatic rings. The number of halogens is 1. The average molecular weight is 475 g/mol. The predicted molar refractivity (Wildman–Crippen MR) is 111 cm³/mol. The number of nitrogens with zero attached hydrogens (tertiary/aromatic N) is 2. The third-order valence-corrected chi connectivity index (χ3v) is 7.35. The molecule has 0 spiro atoms. The van der Waals surface area contributed by atoms with Crippen LogP contribution in [-0.4, -0.2) is 67.5 Å². The van der Waals surface area contributed by atoms with Gasteiger partial charge < -0.3 is 10.2 Å². The van der Waals surface area contributed by atoms with Gasteiger partial charge in [-0.25, -0.2) is 8.42 Å². The molecule has 0 bridgehead atoms. The summed E-state index contributed by atoms with van der Waals surface area (Å²) in [7, 11) is -2.81. The van der Waals surface area contributed by atoms with Gasteiger partial charge in [-0.2, -0.15) is 11.8 Å². The van der Waals surface area contributed by atoms with E-state index in [1.54, 1.807) is 0 Å². The van der Waals surface area contributed by atoms with E-state index in [1.807, 2.05) is 11.8 Å². The van der Waals surface area contributed by atoms with Gasteiger partial charge in [-0.3, -0.25) is 4.99 Å². The van der Waals surface area contributed by atoms with E-state index in [2.05, 4.69) is 31.0 Å². The molecular weight excluding hydrogens is 445 g/mol. The first-order chi connectivity index (χ1) is 10.4. The number of guanidine groups is 1. The van der Waals surface area contributed by atoms with Gasteiger partial charge in [0, 0.05) is 36.7 Å². The number of hydrogen-bond acceptors (Lipinski definition) is 4. The number of rotatable bonds is 4. The van der Waals surface area contributed by atoms with Crippen LogP contribution in [0.1, 0.15) is 33.6 Å². The molecule has 2 aliphatic heterocycles. The highest BCUT2D eigenvalue weighted by atomic mass is 127. The van der Waals surface area contributed by atoms with Crippen LogP contribution in [0.15, 0.2) is 4.99 Å². The summed E-state index contributed by atoms with van der Waals surface area (Å²) in [6, 6.07) is 0.334. The number of hydrogen-bond donors (Lipinski definition) is 1. The zero-order chi connectivity index (χ0) is 16.2. The molecule has 2 fully saturated rings. The highest BCUT2D eigenvalue weighted by Crippen LogP contribution is 2.22. The van der Waals surface area contributed by atoms with Gasteiger partial charge in [-0.15, -0.1) is 24.0 Å². The molecular formula is C15H30IN3O2S2. The molecule has 5 nitrogen and oxygen atoms in total. The zero-order valence-corrected chi connectivity index (χ0v) is 18.3. The van der Waals surface area contributed by atoms with Gasteiger partial charge in [0.1, 0.15) is 0 Å². The summed E-state index contributed by atoms with van der Waals surface area (Å²) in [6.45, 7) is 9.13. The summed E-state index contributed by atoms with van der Waals surface area (Å²) in [5, 5.41) is 4.12. The Morgan fingerprint density at radius 2 is 2.17 bits per heavy atom. The normalized spacial score (nSPS) is 27.8. The van der Waals surface area contributed by atoms with Crippen LogP contribution in [0.25, 0.3) is 0 Å². The van der Waals surface area contributed by atoms with Crippen LogP contribution in [0.4, 0.5) is 0 Å². The second kappa shape index (κ2) is 9.70. The monoisotopic (exact) mass is 475 g/mol. The molecule has 2 atom stereocenters. The lowest BCUT2D eigenvalue weighted by molar-refractivity contribution is 0.400. The maximum Gasteiger partial charge on any atom is 0.194 e. The minimum Gasteiger partial charge on any atom is -0.354 e. The van der Waals surface area contributed by atoms with Crippen LogP contribution in [0, 0.1) is 5.92 Å². The molecule has 2 saturated heterocycles. The maximum atomic E-state index is 11.6. The van der Waals surface area contributed by atoms with Crippen molar-refractivity contribution in [3.63, 3.8) is 0 Å². The first-order valence-electron chi connectivity index (χ1n) is 8.27. The second-order valence-electron chi connectivity index (χ2n) is 6.58. The fourth-order valence-electron chi connectivity index (χ4n) is 2.89. The minimum atomic E-state index is -2.81. The van der Waals surface area contributed by atoms with Crippen molar-refractivity contribution in [2.75, 3.05) is 36.9 Å². The summed E-state index contributed by atoms with van der Waals surface area (Å²) >= 11 is 2.04. The van der Waals surface area contributed by atoms with Gasteiger partial charge in [0.25, 0.3) is 0 Å². The van der Waals surface area contributed by atoms with Crippen LogP contribution < -0.4 is 5.32 Å². The Kier molecular flexibility index (Phi) is 9.00. The average Bonchev–Trinajstić information content (AvgIpc) is 2.82. The molecule has 136 valence electrons. The van der Waals surface area contributed by atoms with Gasteiger partial charge in [0.05, 0.1) is 11.5 Å². The Bertz CT molecular complexity index is 497. The van der Waals surface area contributed by atoms with Crippen molar-refractivity contribution in [1.82, 2.24) is 10.2 Å². The van der Waals surface area contributed by atoms with Crippen molar-refractivity contribution in [3.05, 3.63) is 0 Å². The lowest BCUT2D eigenvalue weighted by Crippen LogP contribution is -2.50. The number of sulfone groups is 1. The first-order valence-corrected chi connectivity index (χ1v) is 11.1. The summed E-state index contributed by atoms with van der Waals surface area (Å²) in [6.07, 6.45) is 1.94. The first kappa shape index (κ1) is 21.3. The fourth-order valence-corrected chi connectivity index (χ4v) is 5.91. The van der Waals surface area contributed by atoms with Crippen LogP contribution in [-0.2, 0) is 9.84 Å². The van der Waals surface area contributed by atoms with E-state index in [1.165, 1.54) is 6.42 Å². The van der Waals surface area contributed by atoms with Crippen molar-refractivity contribution < 1.29 is 8.42 Å².